The summed E-state index contributed by atoms with van der Waals surface area (Å²) in [5.41, 5.74) is 1.45. The predicted octanol–water partition coefficient (Wildman–Crippen LogP) is 4.13. The lowest BCUT2D eigenvalue weighted by atomic mass is 9.73. The van der Waals surface area contributed by atoms with E-state index in [1.54, 1.807) is 7.11 Å². The molecule has 2 rings (SSSR count). The van der Waals surface area contributed by atoms with Crippen molar-refractivity contribution in [2.24, 2.45) is 5.41 Å². The van der Waals surface area contributed by atoms with Gasteiger partial charge < -0.3 is 10.1 Å². The predicted molar refractivity (Wildman–Crippen MR) is 86.5 cm³/mol. The van der Waals surface area contributed by atoms with Crippen LogP contribution in [0.15, 0.2) is 6.07 Å². The minimum Gasteiger partial charge on any atom is -0.378 e. The van der Waals surface area contributed by atoms with Crippen molar-refractivity contribution in [2.45, 2.75) is 65.4 Å². The molecule has 1 aliphatic rings. The van der Waals surface area contributed by atoms with Crippen molar-refractivity contribution in [1.82, 2.24) is 9.97 Å². The monoisotopic (exact) mass is 291 g/mol. The van der Waals surface area contributed by atoms with Crippen LogP contribution in [0.2, 0.25) is 0 Å². The Bertz CT molecular complexity index is 449. The maximum absolute atomic E-state index is 5.24. The van der Waals surface area contributed by atoms with Crippen LogP contribution in [0.25, 0.3) is 0 Å². The fraction of sp³-hybridized carbons (Fsp3) is 0.765. The normalized spacial score (nSPS) is 18.7. The summed E-state index contributed by atoms with van der Waals surface area (Å²) in [6, 6.07) is 2.01. The Balaban J connectivity index is 2.15. The van der Waals surface area contributed by atoms with E-state index in [-0.39, 0.29) is 0 Å². The van der Waals surface area contributed by atoms with Gasteiger partial charge in [0.2, 0.25) is 0 Å². The summed E-state index contributed by atoms with van der Waals surface area (Å²) in [7, 11) is 1.71. The van der Waals surface area contributed by atoms with Gasteiger partial charge in [0.25, 0.3) is 0 Å². The lowest BCUT2D eigenvalue weighted by molar-refractivity contribution is 0.180. The first-order valence-electron chi connectivity index (χ1n) is 8.15. The molecular weight excluding hydrogens is 262 g/mol. The maximum atomic E-state index is 5.24. The molecule has 1 saturated carbocycles. The van der Waals surface area contributed by atoms with Crippen LogP contribution >= 0.6 is 0 Å². The summed E-state index contributed by atoms with van der Waals surface area (Å²) in [6.45, 7) is 8.38. The van der Waals surface area contributed by atoms with Crippen LogP contribution in [0.3, 0.4) is 0 Å². The number of nitrogens with zero attached hydrogens (tertiary/aromatic N) is 2. The summed E-state index contributed by atoms with van der Waals surface area (Å²) in [5, 5.41) is 3.38. The highest BCUT2D eigenvalue weighted by Gasteiger charge is 2.29. The van der Waals surface area contributed by atoms with Gasteiger partial charge in [-0.15, -0.1) is 0 Å². The molecule has 0 amide bonds. The zero-order valence-corrected chi connectivity index (χ0v) is 13.9. The molecule has 4 nitrogen and oxygen atoms in total. The third-order valence-corrected chi connectivity index (χ3v) is 4.35. The summed E-state index contributed by atoms with van der Waals surface area (Å²) < 4.78 is 5.24. The Morgan fingerprint density at radius 3 is 2.62 bits per heavy atom. The molecule has 0 radical (unpaired) electrons. The molecule has 1 aromatic rings. The van der Waals surface area contributed by atoms with Gasteiger partial charge in [-0.25, -0.2) is 9.97 Å². The summed E-state index contributed by atoms with van der Waals surface area (Å²) in [4.78, 5) is 9.47. The highest BCUT2D eigenvalue weighted by Crippen LogP contribution is 2.41. The molecular formula is C17H29N3O. The minimum absolute atomic E-state index is 0.476. The van der Waals surface area contributed by atoms with E-state index in [9.17, 15) is 0 Å². The molecule has 21 heavy (non-hydrogen) atoms. The summed E-state index contributed by atoms with van der Waals surface area (Å²) in [6.07, 6.45) is 5.99. The Morgan fingerprint density at radius 1 is 1.29 bits per heavy atom. The average Bonchev–Trinajstić information content (AvgIpc) is 2.45. The number of hydrogen-bond donors (Lipinski definition) is 1. The van der Waals surface area contributed by atoms with Gasteiger partial charge in [0.15, 0.2) is 0 Å². The Kier molecular flexibility index (Phi) is 5.57. The smallest absolute Gasteiger partial charge is 0.134 e. The number of hydrogen-bond acceptors (Lipinski definition) is 4. The van der Waals surface area contributed by atoms with E-state index in [2.05, 4.69) is 26.1 Å². The minimum atomic E-state index is 0.476. The second-order valence-corrected chi connectivity index (χ2v) is 6.90. The van der Waals surface area contributed by atoms with Crippen molar-refractivity contribution >= 4 is 5.82 Å². The topological polar surface area (TPSA) is 47.0 Å². The lowest BCUT2D eigenvalue weighted by Crippen LogP contribution is -2.22. The van der Waals surface area contributed by atoms with Crippen LogP contribution in [0.4, 0.5) is 5.82 Å². The van der Waals surface area contributed by atoms with E-state index in [1.165, 1.54) is 25.7 Å². The van der Waals surface area contributed by atoms with Crippen LogP contribution in [0.5, 0.6) is 0 Å². The molecule has 118 valence electrons. The van der Waals surface area contributed by atoms with Crippen molar-refractivity contribution in [3.05, 3.63) is 17.6 Å². The molecule has 0 atom stereocenters. The fourth-order valence-corrected chi connectivity index (χ4v) is 2.92. The van der Waals surface area contributed by atoms with Gasteiger partial charge in [-0.05, 0) is 37.5 Å². The quantitative estimate of drug-likeness (QED) is 0.856. The van der Waals surface area contributed by atoms with Crippen molar-refractivity contribution in [3.8, 4) is 0 Å². The van der Waals surface area contributed by atoms with Gasteiger partial charge in [-0.2, -0.15) is 0 Å². The maximum Gasteiger partial charge on any atom is 0.134 e. The molecule has 1 aliphatic carbocycles. The van der Waals surface area contributed by atoms with Gasteiger partial charge in [-0.1, -0.05) is 20.8 Å². The zero-order chi connectivity index (χ0) is 15.3. The molecule has 0 aliphatic heterocycles. The largest absolute Gasteiger partial charge is 0.378 e. The fourth-order valence-electron chi connectivity index (χ4n) is 2.92. The zero-order valence-electron chi connectivity index (χ0n) is 13.9. The number of methoxy groups -OCH3 is 1. The molecule has 0 unspecified atom stereocenters. The molecule has 1 fully saturated rings. The van der Waals surface area contributed by atoms with E-state index in [1.807, 2.05) is 6.07 Å². The first-order chi connectivity index (χ1) is 10.0. The molecule has 1 heterocycles. The van der Waals surface area contributed by atoms with Gasteiger partial charge in [0.1, 0.15) is 11.6 Å². The Hall–Kier alpha value is -1.16. The highest BCUT2D eigenvalue weighted by atomic mass is 16.5. The van der Waals surface area contributed by atoms with Gasteiger partial charge in [0, 0.05) is 25.6 Å². The van der Waals surface area contributed by atoms with E-state index in [0.29, 0.717) is 17.9 Å². The SMILES string of the molecule is CCCNc1cc(COC)nc(C2CCC(C)(C)CC2)n1. The summed E-state index contributed by atoms with van der Waals surface area (Å²) >= 11 is 0. The molecule has 1 N–H and O–H groups in total. The van der Waals surface area contributed by atoms with Crippen LogP contribution in [-0.2, 0) is 11.3 Å². The van der Waals surface area contributed by atoms with Crippen molar-refractivity contribution in [3.63, 3.8) is 0 Å². The first-order valence-corrected chi connectivity index (χ1v) is 8.15. The molecule has 0 aromatic carbocycles. The van der Waals surface area contributed by atoms with E-state index in [0.717, 1.165) is 30.3 Å². The number of anilines is 1. The molecule has 0 spiro atoms. The second kappa shape index (κ2) is 7.21. The molecule has 1 aromatic heterocycles. The van der Waals surface area contributed by atoms with Gasteiger partial charge >= 0.3 is 0 Å². The second-order valence-electron chi connectivity index (χ2n) is 6.90. The molecule has 0 bridgehead atoms. The van der Waals surface area contributed by atoms with Gasteiger partial charge in [-0.3, -0.25) is 0 Å². The van der Waals surface area contributed by atoms with E-state index < -0.39 is 0 Å². The Labute approximate surface area is 128 Å². The van der Waals surface area contributed by atoms with Crippen LogP contribution in [-0.4, -0.2) is 23.6 Å². The molecule has 0 saturated heterocycles. The first kappa shape index (κ1) is 16.2. The highest BCUT2D eigenvalue weighted by molar-refractivity contribution is 5.36. The van der Waals surface area contributed by atoms with Crippen molar-refractivity contribution in [1.29, 1.82) is 0 Å². The third kappa shape index (κ3) is 4.67. The number of ether oxygens (including phenoxy) is 1. The van der Waals surface area contributed by atoms with Crippen LogP contribution in [0.1, 0.15) is 70.3 Å². The van der Waals surface area contributed by atoms with E-state index >= 15 is 0 Å². The number of rotatable bonds is 6. The Morgan fingerprint density at radius 2 is 2.00 bits per heavy atom. The van der Waals surface area contributed by atoms with E-state index in [4.69, 9.17) is 14.7 Å². The lowest BCUT2D eigenvalue weighted by Gasteiger charge is -2.33. The summed E-state index contributed by atoms with van der Waals surface area (Å²) in [5.74, 6) is 2.44. The average molecular weight is 291 g/mol. The standard InChI is InChI=1S/C17H29N3O/c1-5-10-18-15-11-14(12-21-4)19-16(20-15)13-6-8-17(2,3)9-7-13/h11,13H,5-10,12H2,1-4H3,(H,18,19,20). The number of aromatic nitrogens is 2. The van der Waals surface area contributed by atoms with Gasteiger partial charge in [0.05, 0.1) is 12.3 Å². The molecule has 4 heteroatoms. The van der Waals surface area contributed by atoms with Crippen LogP contribution in [0, 0.1) is 5.41 Å². The van der Waals surface area contributed by atoms with Crippen molar-refractivity contribution in [2.75, 3.05) is 19.0 Å². The third-order valence-electron chi connectivity index (χ3n) is 4.35. The number of nitrogens with one attached hydrogen (secondary N) is 1. The van der Waals surface area contributed by atoms with Crippen molar-refractivity contribution < 1.29 is 4.74 Å². The van der Waals surface area contributed by atoms with Crippen LogP contribution < -0.4 is 5.32 Å².